The van der Waals surface area contributed by atoms with E-state index in [-0.39, 0.29) is 12.3 Å². The van der Waals surface area contributed by atoms with Crippen molar-refractivity contribution in [2.45, 2.75) is 31.6 Å². The molecule has 0 fully saturated rings. The van der Waals surface area contributed by atoms with Gasteiger partial charge in [-0.05, 0) is 49.2 Å². The number of aliphatic hydroxyl groups is 1. The first-order chi connectivity index (χ1) is 14.5. The van der Waals surface area contributed by atoms with Crippen LogP contribution in [0.1, 0.15) is 24.8 Å². The number of halogens is 2. The van der Waals surface area contributed by atoms with Crippen LogP contribution in [0.5, 0.6) is 17.2 Å². The molecule has 0 radical (unpaired) electrons. The van der Waals surface area contributed by atoms with E-state index in [1.54, 1.807) is 26.4 Å². The van der Waals surface area contributed by atoms with Gasteiger partial charge in [-0.3, -0.25) is 0 Å². The van der Waals surface area contributed by atoms with Crippen LogP contribution in [0, 0.1) is 0 Å². The van der Waals surface area contributed by atoms with Crippen LogP contribution >= 0.6 is 0 Å². The standard InChI is InChI=1S/C22H25F2N2O4/c1-28-17-10-11-19(29-2)18(13-17)25-14-22(27,26-12-4-3-5-20(25)26)15-6-8-16(9-7-15)30-21(23)24/h6-11,13,21,27H,3-5,12,14H2,1-2H3/q+1. The molecule has 8 heteroatoms. The molecule has 160 valence electrons. The Bertz CT molecular complexity index is 949. The summed E-state index contributed by atoms with van der Waals surface area (Å²) < 4.78 is 42.4. The molecular weight excluding hydrogens is 394 g/mol. The van der Waals surface area contributed by atoms with Crippen LogP contribution in [0.25, 0.3) is 0 Å². The number of nitrogens with zero attached hydrogens (tertiary/aromatic N) is 2. The van der Waals surface area contributed by atoms with Crippen molar-refractivity contribution in [1.82, 2.24) is 0 Å². The van der Waals surface area contributed by atoms with Gasteiger partial charge in [-0.2, -0.15) is 8.78 Å². The fourth-order valence-corrected chi connectivity index (χ4v) is 4.28. The molecule has 0 aliphatic carbocycles. The lowest BCUT2D eigenvalue weighted by Crippen LogP contribution is -2.41. The number of methoxy groups -OCH3 is 2. The Kier molecular flexibility index (Phi) is 5.51. The summed E-state index contributed by atoms with van der Waals surface area (Å²) >= 11 is 0. The van der Waals surface area contributed by atoms with Gasteiger partial charge in [-0.15, -0.1) is 0 Å². The van der Waals surface area contributed by atoms with Gasteiger partial charge in [0.15, 0.2) is 18.0 Å². The number of β-amino-alcohol motifs (C(OH)–C–C–N with tert-alkyl or cyclic N) is 1. The summed E-state index contributed by atoms with van der Waals surface area (Å²) in [5.41, 5.74) is 0.132. The number of anilines is 1. The Labute approximate surface area is 173 Å². The van der Waals surface area contributed by atoms with E-state index in [9.17, 15) is 13.9 Å². The van der Waals surface area contributed by atoms with E-state index in [0.29, 0.717) is 23.6 Å². The monoisotopic (exact) mass is 419 g/mol. The molecule has 2 aromatic rings. The van der Waals surface area contributed by atoms with Gasteiger partial charge in [0.1, 0.15) is 11.5 Å². The second-order valence-corrected chi connectivity index (χ2v) is 7.37. The lowest BCUT2D eigenvalue weighted by molar-refractivity contribution is -0.661. The maximum Gasteiger partial charge on any atom is 0.387 e. The normalized spacial score (nSPS) is 21.1. The van der Waals surface area contributed by atoms with Gasteiger partial charge < -0.3 is 19.3 Å². The highest BCUT2D eigenvalue weighted by molar-refractivity contribution is 5.97. The van der Waals surface area contributed by atoms with Crippen molar-refractivity contribution in [3.63, 3.8) is 0 Å². The Morgan fingerprint density at radius 2 is 1.77 bits per heavy atom. The van der Waals surface area contributed by atoms with E-state index < -0.39 is 12.3 Å². The van der Waals surface area contributed by atoms with Crippen molar-refractivity contribution in [3.8, 4) is 17.2 Å². The highest BCUT2D eigenvalue weighted by Crippen LogP contribution is 2.40. The maximum atomic E-state index is 12.5. The van der Waals surface area contributed by atoms with Crippen molar-refractivity contribution in [2.24, 2.45) is 0 Å². The molecule has 2 aromatic carbocycles. The van der Waals surface area contributed by atoms with Gasteiger partial charge in [0.25, 0.3) is 11.6 Å². The second-order valence-electron chi connectivity index (χ2n) is 7.37. The highest BCUT2D eigenvalue weighted by atomic mass is 19.3. The molecule has 0 spiro atoms. The largest absolute Gasteiger partial charge is 0.497 e. The van der Waals surface area contributed by atoms with Gasteiger partial charge in [-0.25, -0.2) is 9.48 Å². The van der Waals surface area contributed by atoms with Gasteiger partial charge in [0.2, 0.25) is 0 Å². The summed E-state index contributed by atoms with van der Waals surface area (Å²) in [6, 6.07) is 11.7. The van der Waals surface area contributed by atoms with Crippen LogP contribution in [0.4, 0.5) is 14.5 Å². The highest BCUT2D eigenvalue weighted by Gasteiger charge is 2.53. The van der Waals surface area contributed by atoms with E-state index in [0.717, 1.165) is 30.8 Å². The lowest BCUT2D eigenvalue weighted by Gasteiger charge is -2.24. The molecule has 2 heterocycles. The minimum atomic E-state index is -2.89. The van der Waals surface area contributed by atoms with Crippen molar-refractivity contribution >= 4 is 11.5 Å². The molecule has 1 atom stereocenters. The van der Waals surface area contributed by atoms with Crippen molar-refractivity contribution in [1.29, 1.82) is 0 Å². The summed E-state index contributed by atoms with van der Waals surface area (Å²) in [5.74, 6) is 2.43. The van der Waals surface area contributed by atoms with Crippen LogP contribution in [-0.4, -0.2) is 49.4 Å². The van der Waals surface area contributed by atoms with Crippen LogP contribution in [0.15, 0.2) is 42.5 Å². The van der Waals surface area contributed by atoms with Crippen LogP contribution in [0.2, 0.25) is 0 Å². The number of hydrogen-bond acceptors (Lipinski definition) is 5. The van der Waals surface area contributed by atoms with E-state index >= 15 is 0 Å². The molecule has 2 aliphatic heterocycles. The molecule has 6 nitrogen and oxygen atoms in total. The summed E-state index contributed by atoms with van der Waals surface area (Å²) in [4.78, 5) is 2.06. The minimum absolute atomic E-state index is 0.0597. The summed E-state index contributed by atoms with van der Waals surface area (Å²) in [6.45, 7) is -1.91. The average Bonchev–Trinajstić information content (AvgIpc) is 3.07. The fraction of sp³-hybridized carbons (Fsp3) is 0.409. The van der Waals surface area contributed by atoms with Gasteiger partial charge in [-0.1, -0.05) is 0 Å². The Morgan fingerprint density at radius 3 is 2.43 bits per heavy atom. The average molecular weight is 419 g/mol. The molecule has 30 heavy (non-hydrogen) atoms. The molecule has 1 unspecified atom stereocenters. The van der Waals surface area contributed by atoms with E-state index in [1.165, 1.54) is 12.1 Å². The number of rotatable bonds is 6. The maximum absolute atomic E-state index is 12.5. The third-order valence-corrected chi connectivity index (χ3v) is 5.70. The zero-order chi connectivity index (χ0) is 21.3. The molecule has 4 rings (SSSR count). The predicted octanol–water partition coefficient (Wildman–Crippen LogP) is 3.57. The molecule has 0 aromatic heterocycles. The second kappa shape index (κ2) is 8.10. The number of ether oxygens (including phenoxy) is 3. The Hall–Kier alpha value is -2.87. The number of benzene rings is 2. The molecule has 2 aliphatic rings. The number of hydrogen-bond donors (Lipinski definition) is 1. The van der Waals surface area contributed by atoms with Gasteiger partial charge in [0, 0.05) is 18.1 Å². The molecule has 0 saturated carbocycles. The zero-order valence-electron chi connectivity index (χ0n) is 17.0. The molecule has 1 N–H and O–H groups in total. The first-order valence-corrected chi connectivity index (χ1v) is 9.87. The topological polar surface area (TPSA) is 54.2 Å². The summed E-state index contributed by atoms with van der Waals surface area (Å²) in [5, 5.41) is 11.8. The third kappa shape index (κ3) is 3.56. The quantitative estimate of drug-likeness (QED) is 0.726. The molecular formula is C22H25F2N2O4+. The third-order valence-electron chi connectivity index (χ3n) is 5.70. The number of amidine groups is 1. The first kappa shape index (κ1) is 20.4. The lowest BCUT2D eigenvalue weighted by atomic mass is 10.0. The van der Waals surface area contributed by atoms with Crippen LogP contribution in [0.3, 0.4) is 0 Å². The van der Waals surface area contributed by atoms with Gasteiger partial charge >= 0.3 is 6.61 Å². The fourth-order valence-electron chi connectivity index (χ4n) is 4.28. The minimum Gasteiger partial charge on any atom is -0.497 e. The number of alkyl halides is 2. The van der Waals surface area contributed by atoms with E-state index in [1.807, 2.05) is 22.8 Å². The molecule has 0 saturated heterocycles. The van der Waals surface area contributed by atoms with E-state index in [4.69, 9.17) is 9.47 Å². The van der Waals surface area contributed by atoms with Crippen molar-refractivity contribution in [3.05, 3.63) is 48.0 Å². The van der Waals surface area contributed by atoms with E-state index in [2.05, 4.69) is 9.64 Å². The Morgan fingerprint density at radius 1 is 1.03 bits per heavy atom. The first-order valence-electron chi connectivity index (χ1n) is 9.87. The van der Waals surface area contributed by atoms with Crippen LogP contribution < -0.4 is 19.1 Å². The Balaban J connectivity index is 1.75. The summed E-state index contributed by atoms with van der Waals surface area (Å²) in [7, 11) is 3.22. The summed E-state index contributed by atoms with van der Waals surface area (Å²) in [6.07, 6.45) is 2.79. The molecule has 0 bridgehead atoms. The zero-order valence-corrected chi connectivity index (χ0v) is 17.0. The smallest absolute Gasteiger partial charge is 0.387 e. The van der Waals surface area contributed by atoms with Crippen molar-refractivity contribution < 1.29 is 32.7 Å². The predicted molar refractivity (Wildman–Crippen MR) is 108 cm³/mol. The molecule has 0 amide bonds. The van der Waals surface area contributed by atoms with Crippen LogP contribution in [-0.2, 0) is 5.72 Å². The SMILES string of the molecule is COc1ccc(OC)c(N2CC(O)(c3ccc(OC(F)F)cc3)[N+]3=C2CCCC3)c1. The van der Waals surface area contributed by atoms with Crippen molar-refractivity contribution in [2.75, 3.05) is 32.2 Å². The van der Waals surface area contributed by atoms with Gasteiger partial charge in [0.05, 0.1) is 20.8 Å².